The van der Waals surface area contributed by atoms with Crippen molar-refractivity contribution in [3.05, 3.63) is 98.4 Å². The van der Waals surface area contributed by atoms with E-state index in [1.165, 1.54) is 18.2 Å². The topological polar surface area (TPSA) is 76.5 Å². The fourth-order valence-corrected chi connectivity index (χ4v) is 6.85. The zero-order chi connectivity index (χ0) is 28.4. The minimum absolute atomic E-state index is 0.160. The van der Waals surface area contributed by atoms with Gasteiger partial charge in [0.05, 0.1) is 0 Å². The maximum Gasteiger partial charge on any atom is 0.316 e. The second kappa shape index (κ2) is 9.20. The standard InChI is InChI=1S/C30H33N5O3S/c1-29(2)25-16-19(32(3)4)10-13-22(25)30(23-14-11-20(33(5)6)17-26(23)29)24-15-18(27(36)31-38)9-12-21(24)28(37)35(30)39-34(7)8/h9-17H,1-8H3. The van der Waals surface area contributed by atoms with Crippen LogP contribution in [0.25, 0.3) is 0 Å². The number of nitrogens with zero attached hydrogens (tertiary/aromatic N) is 5. The molecule has 1 spiro atoms. The van der Waals surface area contributed by atoms with Crippen molar-refractivity contribution in [1.82, 2.24) is 8.61 Å². The van der Waals surface area contributed by atoms with Gasteiger partial charge in [-0.25, -0.2) is 8.61 Å². The van der Waals surface area contributed by atoms with Gasteiger partial charge in [-0.15, -0.1) is 4.91 Å². The second-order valence-corrected chi connectivity index (χ2v) is 12.5. The van der Waals surface area contributed by atoms with Crippen LogP contribution in [-0.2, 0) is 11.0 Å². The van der Waals surface area contributed by atoms with Crippen LogP contribution in [0.4, 0.5) is 11.4 Å². The molecule has 0 saturated carbocycles. The molecule has 0 saturated heterocycles. The van der Waals surface area contributed by atoms with Gasteiger partial charge in [0.15, 0.2) is 0 Å². The molecule has 0 unspecified atom stereocenters. The lowest BCUT2D eigenvalue weighted by Crippen LogP contribution is -2.49. The summed E-state index contributed by atoms with van der Waals surface area (Å²) in [5.74, 6) is -1.02. The molecule has 5 rings (SSSR count). The highest BCUT2D eigenvalue weighted by atomic mass is 32.2. The van der Waals surface area contributed by atoms with Gasteiger partial charge < -0.3 is 9.80 Å². The zero-order valence-electron chi connectivity index (χ0n) is 23.6. The van der Waals surface area contributed by atoms with E-state index < -0.39 is 16.9 Å². The van der Waals surface area contributed by atoms with Crippen LogP contribution < -0.4 is 9.80 Å². The summed E-state index contributed by atoms with van der Waals surface area (Å²) >= 11 is 1.33. The fraction of sp³-hybridized carbons (Fsp3) is 0.333. The van der Waals surface area contributed by atoms with Crippen molar-refractivity contribution in [2.75, 3.05) is 52.1 Å². The zero-order valence-corrected chi connectivity index (χ0v) is 24.4. The Morgan fingerprint density at radius 1 is 0.769 bits per heavy atom. The maximum atomic E-state index is 14.2. The smallest absolute Gasteiger partial charge is 0.316 e. The van der Waals surface area contributed by atoms with E-state index >= 15 is 0 Å². The van der Waals surface area contributed by atoms with E-state index in [2.05, 4.69) is 65.2 Å². The molecule has 2 amide bonds. The Hall–Kier alpha value is -3.69. The molecule has 9 heteroatoms. The summed E-state index contributed by atoms with van der Waals surface area (Å²) in [6, 6.07) is 17.6. The van der Waals surface area contributed by atoms with E-state index in [1.807, 2.05) is 50.9 Å². The number of amides is 2. The number of fused-ring (bicyclic) bond motifs is 6. The van der Waals surface area contributed by atoms with Crippen LogP contribution in [-0.4, -0.2) is 62.7 Å². The highest BCUT2D eigenvalue weighted by Gasteiger charge is 2.59. The second-order valence-electron chi connectivity index (χ2n) is 11.2. The Morgan fingerprint density at radius 2 is 1.31 bits per heavy atom. The molecule has 0 fully saturated rings. The van der Waals surface area contributed by atoms with Crippen molar-refractivity contribution in [2.24, 2.45) is 5.18 Å². The van der Waals surface area contributed by atoms with Crippen LogP contribution >= 0.6 is 12.1 Å². The summed E-state index contributed by atoms with van der Waals surface area (Å²) in [7, 11) is 11.9. The molecule has 1 heterocycles. The summed E-state index contributed by atoms with van der Waals surface area (Å²) in [6.07, 6.45) is 0. The Labute approximate surface area is 233 Å². The maximum absolute atomic E-state index is 14.2. The van der Waals surface area contributed by atoms with Gasteiger partial charge in [-0.05, 0) is 78.8 Å². The SMILES string of the molecule is CN(C)SN1C(=O)c2ccc(C(=O)N=O)cc2C12c1ccc(N(C)C)cc1C(C)(C)c1cc(N(C)C)ccc12. The minimum Gasteiger partial charge on any atom is -0.378 e. The highest BCUT2D eigenvalue weighted by molar-refractivity contribution is 7.95. The van der Waals surface area contributed by atoms with E-state index in [0.29, 0.717) is 11.1 Å². The van der Waals surface area contributed by atoms with Crippen molar-refractivity contribution >= 4 is 35.3 Å². The average molecular weight is 544 g/mol. The van der Waals surface area contributed by atoms with Crippen LogP contribution in [0.15, 0.2) is 59.8 Å². The van der Waals surface area contributed by atoms with Gasteiger partial charge in [0.2, 0.25) is 0 Å². The monoisotopic (exact) mass is 543 g/mol. The van der Waals surface area contributed by atoms with Gasteiger partial charge in [0, 0.05) is 79.0 Å². The Kier molecular flexibility index (Phi) is 6.35. The molecule has 202 valence electrons. The molecule has 0 N–H and O–H groups in total. The molecular weight excluding hydrogens is 510 g/mol. The summed E-state index contributed by atoms with van der Waals surface area (Å²) in [5, 5.41) is 2.67. The van der Waals surface area contributed by atoms with Gasteiger partial charge in [-0.1, -0.05) is 26.0 Å². The summed E-state index contributed by atoms with van der Waals surface area (Å²) in [6.45, 7) is 4.43. The first-order chi connectivity index (χ1) is 18.3. The van der Waals surface area contributed by atoms with Crippen LogP contribution in [0.3, 0.4) is 0 Å². The summed E-state index contributed by atoms with van der Waals surface area (Å²) < 4.78 is 3.71. The molecule has 3 aromatic rings. The normalized spacial score (nSPS) is 16.1. The molecule has 0 radical (unpaired) electrons. The number of rotatable bonds is 5. The Morgan fingerprint density at radius 3 is 1.77 bits per heavy atom. The molecule has 0 aromatic heterocycles. The van der Waals surface area contributed by atoms with Crippen molar-refractivity contribution in [3.63, 3.8) is 0 Å². The quantitative estimate of drug-likeness (QED) is 0.322. The van der Waals surface area contributed by atoms with Crippen molar-refractivity contribution in [3.8, 4) is 0 Å². The molecule has 1 aliphatic heterocycles. The van der Waals surface area contributed by atoms with E-state index in [9.17, 15) is 14.5 Å². The third kappa shape index (κ3) is 3.78. The van der Waals surface area contributed by atoms with Crippen molar-refractivity contribution in [2.45, 2.75) is 24.8 Å². The lowest BCUT2D eigenvalue weighted by molar-refractivity contribution is 0.0837. The summed E-state index contributed by atoms with van der Waals surface area (Å²) in [5.41, 5.74) is 6.10. The van der Waals surface area contributed by atoms with Crippen molar-refractivity contribution < 1.29 is 9.59 Å². The first-order valence-corrected chi connectivity index (χ1v) is 13.5. The molecule has 1 aliphatic carbocycles. The molecule has 2 aliphatic rings. The van der Waals surface area contributed by atoms with Crippen LogP contribution in [0, 0.1) is 4.91 Å². The molecule has 3 aromatic carbocycles. The minimum atomic E-state index is -1.05. The predicted octanol–water partition coefficient (Wildman–Crippen LogP) is 5.24. The van der Waals surface area contributed by atoms with Crippen LogP contribution in [0.5, 0.6) is 0 Å². The van der Waals surface area contributed by atoms with Gasteiger partial charge in [0.25, 0.3) is 5.91 Å². The van der Waals surface area contributed by atoms with Gasteiger partial charge >= 0.3 is 5.91 Å². The van der Waals surface area contributed by atoms with Crippen LogP contribution in [0.1, 0.15) is 62.4 Å². The number of anilines is 2. The molecular formula is C30H33N5O3S. The number of hydrogen-bond donors (Lipinski definition) is 0. The fourth-order valence-electron chi connectivity index (χ4n) is 5.93. The number of benzene rings is 3. The Balaban J connectivity index is 1.98. The number of carbonyl (C=O) groups excluding carboxylic acids is 2. The van der Waals surface area contributed by atoms with Gasteiger partial charge in [-0.2, -0.15) is 0 Å². The van der Waals surface area contributed by atoms with Crippen LogP contribution in [0.2, 0.25) is 0 Å². The van der Waals surface area contributed by atoms with E-state index in [0.717, 1.165) is 33.6 Å². The van der Waals surface area contributed by atoms with E-state index in [1.54, 1.807) is 12.1 Å². The first-order valence-electron chi connectivity index (χ1n) is 12.7. The van der Waals surface area contributed by atoms with Crippen molar-refractivity contribution in [1.29, 1.82) is 0 Å². The lowest BCUT2D eigenvalue weighted by Gasteiger charge is -2.49. The number of carbonyl (C=O) groups is 2. The van der Waals surface area contributed by atoms with E-state index in [-0.39, 0.29) is 11.5 Å². The number of hydrogen-bond acceptors (Lipinski definition) is 7. The predicted molar refractivity (Wildman–Crippen MR) is 158 cm³/mol. The molecule has 39 heavy (non-hydrogen) atoms. The largest absolute Gasteiger partial charge is 0.378 e. The van der Waals surface area contributed by atoms with E-state index in [4.69, 9.17) is 0 Å². The average Bonchev–Trinajstić information content (AvgIpc) is 3.13. The molecule has 0 bridgehead atoms. The molecule has 8 nitrogen and oxygen atoms in total. The number of nitroso groups, excluding NO2 is 1. The molecule has 0 atom stereocenters. The third-order valence-electron chi connectivity index (χ3n) is 7.87. The highest BCUT2D eigenvalue weighted by Crippen LogP contribution is 2.60. The lowest BCUT2D eigenvalue weighted by atomic mass is 9.60. The summed E-state index contributed by atoms with van der Waals surface area (Å²) in [4.78, 5) is 42.0. The third-order valence-corrected chi connectivity index (χ3v) is 8.80. The van der Waals surface area contributed by atoms with Gasteiger partial charge in [-0.3, -0.25) is 9.59 Å². The van der Waals surface area contributed by atoms with Gasteiger partial charge in [0.1, 0.15) is 5.54 Å². The Bertz CT molecular complexity index is 1470. The first kappa shape index (κ1) is 26.9.